The second-order valence-electron chi connectivity index (χ2n) is 14.9. The van der Waals surface area contributed by atoms with Gasteiger partial charge in [0.15, 0.2) is 37.9 Å². The molecule has 0 aromatic carbocycles. The molecule has 0 amide bonds. The Balaban J connectivity index is -0.0000000442. The van der Waals surface area contributed by atoms with E-state index in [2.05, 4.69) is 92.1 Å². The summed E-state index contributed by atoms with van der Waals surface area (Å²) >= 11 is 51.9. The van der Waals surface area contributed by atoms with E-state index in [0.717, 1.165) is 36.8 Å². The average molecular weight is 1100 g/mol. The third kappa shape index (κ3) is 176. The van der Waals surface area contributed by atoms with E-state index < -0.39 is 44.5 Å². The maximum absolute atomic E-state index is 7.57. The first-order valence-corrected chi connectivity index (χ1v) is 43.5. The molecule has 3 unspecified atom stereocenters. The van der Waals surface area contributed by atoms with E-state index in [-0.39, 0.29) is 70.6 Å². The largest absolute Gasteiger partial charge is 2.00 e. The Hall–Kier alpha value is 4.27. The second-order valence-corrected chi connectivity index (χ2v) is 58.0. The summed E-state index contributed by atoms with van der Waals surface area (Å²) in [5, 5.41) is 8.32. The Morgan fingerprint density at radius 1 is 0.593 bits per heavy atom. The van der Waals surface area contributed by atoms with Crippen LogP contribution in [0.5, 0.6) is 0 Å². The number of alkyl halides is 3. The van der Waals surface area contributed by atoms with E-state index in [9.17, 15) is 0 Å². The van der Waals surface area contributed by atoms with Crippen molar-refractivity contribution < 1.29 is 21.9 Å². The number of aliphatic hydroxyl groups is 1. The van der Waals surface area contributed by atoms with Crippen molar-refractivity contribution >= 4 is 181 Å². The maximum Gasteiger partial charge on any atom is 2.00 e. The number of aliphatic hydroxyl groups excluding tert-OH is 1. The monoisotopic (exact) mass is 1100 g/mol. The predicted molar refractivity (Wildman–Crippen MR) is 283 cm³/mol. The molecule has 0 spiro atoms. The zero-order valence-electron chi connectivity index (χ0n) is 37.0. The summed E-state index contributed by atoms with van der Waals surface area (Å²) < 4.78 is 5.59. The summed E-state index contributed by atoms with van der Waals surface area (Å²) in [6.07, 6.45) is 5.28. The molecule has 0 rings (SSSR count). The maximum atomic E-state index is 7.57. The molecule has 0 aliphatic heterocycles. The van der Waals surface area contributed by atoms with Crippen molar-refractivity contribution in [2.24, 2.45) is 0 Å². The fraction of sp³-hybridized carbons (Fsp3) is 0.794. The van der Waals surface area contributed by atoms with Crippen molar-refractivity contribution in [2.75, 3.05) is 13.2 Å². The fourth-order valence-corrected chi connectivity index (χ4v) is 15.4. The van der Waals surface area contributed by atoms with E-state index in [1.165, 1.54) is 6.08 Å². The van der Waals surface area contributed by atoms with Crippen LogP contribution in [0.3, 0.4) is 0 Å². The van der Waals surface area contributed by atoms with E-state index in [4.69, 9.17) is 111 Å². The van der Waals surface area contributed by atoms with Crippen LogP contribution in [0, 0.1) is 6.92 Å². The van der Waals surface area contributed by atoms with Crippen molar-refractivity contribution in [1.29, 1.82) is 0 Å². The Bertz CT molecular complexity index is 711. The molecule has 0 aromatic heterocycles. The summed E-state index contributed by atoms with van der Waals surface area (Å²) in [7, 11) is -6.76. The van der Waals surface area contributed by atoms with E-state index >= 15 is 0 Å². The average Bonchev–Trinajstić information content (AvgIpc) is 2.74. The van der Waals surface area contributed by atoms with Crippen molar-refractivity contribution in [3.8, 4) is 0 Å². The Morgan fingerprint density at radius 2 is 0.778 bits per heavy atom. The van der Waals surface area contributed by atoms with Crippen LogP contribution in [0.25, 0.3) is 0 Å². The van der Waals surface area contributed by atoms with Gasteiger partial charge in [0.1, 0.15) is 0 Å². The predicted octanol–water partition coefficient (Wildman–Crippen LogP) is 14.4. The van der Waals surface area contributed by atoms with E-state index in [1.807, 2.05) is 52.9 Å². The van der Waals surface area contributed by atoms with Gasteiger partial charge in [-0.15, -0.1) is 82.5 Å². The number of allylic oxidation sites excluding steroid dienone is 3. The summed E-state index contributed by atoms with van der Waals surface area (Å²) in [6.45, 7) is 47.8. The summed E-state index contributed by atoms with van der Waals surface area (Å²) in [5.74, 6) is 0. The minimum absolute atomic E-state index is 0. The van der Waals surface area contributed by atoms with Gasteiger partial charge in [0.2, 0.25) is 6.69 Å². The summed E-state index contributed by atoms with van der Waals surface area (Å²) in [5.41, 5.74) is 0. The molecular weight excluding hydrogens is 1020 g/mol. The van der Waals surface area contributed by atoms with Gasteiger partial charge in [-0.3, -0.25) is 0 Å². The Kier molecular flexibility index (Phi) is 79.1. The smallest absolute Gasteiger partial charge is 1.00 e. The number of hydrogen-bond donors (Lipinski definition) is 1. The number of hydrogen-bond acceptors (Lipinski definition) is 2. The van der Waals surface area contributed by atoms with Gasteiger partial charge in [0, 0.05) is 29.3 Å². The van der Waals surface area contributed by atoms with Crippen molar-refractivity contribution in [2.45, 2.75) is 160 Å². The summed E-state index contributed by atoms with van der Waals surface area (Å²) in [4.78, 5) is 0. The second kappa shape index (κ2) is 49.9. The number of halogens is 11. The summed E-state index contributed by atoms with van der Waals surface area (Å²) in [6, 6.07) is 5.05. The minimum atomic E-state index is -1.67. The quantitative estimate of drug-likeness (QED) is 0.0694. The number of rotatable bonds is 12. The van der Waals surface area contributed by atoms with Crippen LogP contribution in [0.2, 0.25) is 109 Å². The van der Waals surface area contributed by atoms with Gasteiger partial charge in [0.05, 0.1) is 0 Å². The first-order chi connectivity index (χ1) is 22.3. The topological polar surface area (TPSA) is 29.5 Å². The van der Waals surface area contributed by atoms with Crippen LogP contribution in [0.1, 0.15) is 34.6 Å². The molecule has 0 radical (unpaired) electrons. The van der Waals surface area contributed by atoms with Crippen LogP contribution < -0.4 is 12.4 Å². The van der Waals surface area contributed by atoms with Crippen LogP contribution in [-0.2, 0) is 4.43 Å². The molecule has 332 valence electrons. The SMILES string of the molecule is C=CC[Si](C)(C)Cl.C=CC[Si](C)(C)Cl.C=C[CH2-].CC(Cl)C[Si](C)(C)Cl.CC(Cl)C[Si](C)(C)Cl.CCO.CCO[Si](C)(C)CC(C)Cl.C[Si](C)(Cl)Cl.Cl.[Cl-].[Mg+2]. The van der Waals surface area contributed by atoms with Gasteiger partial charge in [-0.2, -0.15) is 44.3 Å². The molecule has 54 heavy (non-hydrogen) atoms. The zero-order chi connectivity index (χ0) is 43.5. The van der Waals surface area contributed by atoms with Crippen molar-refractivity contribution in [3.05, 3.63) is 44.9 Å². The molecule has 0 saturated heterocycles. The third-order valence-electron chi connectivity index (χ3n) is 4.10. The van der Waals surface area contributed by atoms with Gasteiger partial charge in [-0.05, 0) is 91.0 Å². The van der Waals surface area contributed by atoms with Gasteiger partial charge in [0.25, 0.3) is 0 Å². The zero-order valence-corrected chi connectivity index (χ0v) is 52.8. The van der Waals surface area contributed by atoms with Gasteiger partial charge in [-0.25, -0.2) is 19.6 Å². The molecular formula is C34H81Cl11MgO2Si6. The van der Waals surface area contributed by atoms with Crippen molar-refractivity contribution in [1.82, 2.24) is 0 Å². The van der Waals surface area contributed by atoms with E-state index in [0.29, 0.717) is 0 Å². The normalized spacial score (nSPS) is 12.2. The van der Waals surface area contributed by atoms with E-state index in [1.54, 1.807) is 6.92 Å². The molecule has 0 aliphatic rings. The molecule has 0 bridgehead atoms. The molecule has 0 aliphatic carbocycles. The molecule has 20 heteroatoms. The van der Waals surface area contributed by atoms with Crippen LogP contribution in [0.15, 0.2) is 38.0 Å². The van der Waals surface area contributed by atoms with Gasteiger partial charge in [-0.1, -0.05) is 64.5 Å². The van der Waals surface area contributed by atoms with Crippen LogP contribution >= 0.6 is 114 Å². The standard InChI is InChI=1S/C7H17ClOSi.2C5H12Cl2Si.2C5H11ClSi.C3H5.C2H6Cl2Si.C2H6O.2ClH.Mg/c1-5-9-10(3,4)6-7(2)8;2*1-5(6)4-8(2,3)7;2*1-4-5-7(2,3)6;1-3-2;1-5(2,3)4;1-2-3;;;/h7H,5-6H2,1-4H3;2*5H,4H2,1-3H3;2*4H,1,5H2,2-3H3;3H,1-2H2;1-2H3;3H,2H2,1H3;2*1H;/q;;;;;-1;;;;;+2/p-1. The Morgan fingerprint density at radius 3 is 0.833 bits per heavy atom. The Labute approximate surface area is 416 Å². The van der Waals surface area contributed by atoms with Gasteiger partial charge < -0.3 is 21.9 Å². The third-order valence-corrected chi connectivity index (χ3v) is 15.5. The molecule has 0 fully saturated rings. The molecule has 0 aromatic rings. The fourth-order valence-electron chi connectivity index (χ4n) is 3.15. The molecule has 0 heterocycles. The van der Waals surface area contributed by atoms with Crippen LogP contribution in [-0.4, -0.2) is 102 Å². The first kappa shape index (κ1) is 85.5. The first-order valence-electron chi connectivity index (χ1n) is 17.2. The van der Waals surface area contributed by atoms with Crippen molar-refractivity contribution in [3.63, 3.8) is 0 Å². The molecule has 3 atom stereocenters. The molecule has 0 saturated carbocycles. The molecule has 1 N–H and O–H groups in total. The molecule has 2 nitrogen and oxygen atoms in total. The minimum Gasteiger partial charge on any atom is -1.00 e. The van der Waals surface area contributed by atoms with Crippen LogP contribution in [0.4, 0.5) is 0 Å². The van der Waals surface area contributed by atoms with Gasteiger partial charge >= 0.3 is 23.1 Å².